The van der Waals surface area contributed by atoms with E-state index in [1.807, 2.05) is 38.1 Å². The third-order valence-corrected chi connectivity index (χ3v) is 3.02. The van der Waals surface area contributed by atoms with Crippen molar-refractivity contribution >= 4 is 12.1 Å². The van der Waals surface area contributed by atoms with Crippen LogP contribution in [0.2, 0.25) is 0 Å². The van der Waals surface area contributed by atoms with Crippen LogP contribution >= 0.6 is 0 Å². The first-order chi connectivity index (χ1) is 9.08. The number of aryl methyl sites for hydroxylation is 2. The van der Waals surface area contributed by atoms with Gasteiger partial charge in [-0.1, -0.05) is 17.7 Å². The predicted octanol–water partition coefficient (Wildman–Crippen LogP) is 2.09. The van der Waals surface area contributed by atoms with Crippen LogP contribution in [0.4, 0.5) is 5.82 Å². The number of nitriles is 1. The van der Waals surface area contributed by atoms with E-state index in [9.17, 15) is 4.79 Å². The van der Waals surface area contributed by atoms with Crippen LogP contribution in [0.25, 0.3) is 11.3 Å². The molecule has 0 saturated heterocycles. The molecule has 0 radical (unpaired) electrons. The standard InChI is InChI=1S/C14H14N4O/c1-9-3-4-10(2)11(7-9)13-12(8-19)14(16)18(17-13)6-5-15/h3-4,7-8H,6,16H2,1-2H3. The summed E-state index contributed by atoms with van der Waals surface area (Å²) in [6.07, 6.45) is 0.688. The van der Waals surface area contributed by atoms with E-state index in [4.69, 9.17) is 11.0 Å². The largest absolute Gasteiger partial charge is 0.383 e. The number of carbonyl (C=O) groups is 1. The van der Waals surface area contributed by atoms with Crippen molar-refractivity contribution in [3.8, 4) is 17.3 Å². The Morgan fingerprint density at radius 2 is 2.21 bits per heavy atom. The predicted molar refractivity (Wildman–Crippen MR) is 72.5 cm³/mol. The minimum Gasteiger partial charge on any atom is -0.383 e. The average Bonchev–Trinajstić information content (AvgIpc) is 2.70. The number of hydrogen-bond donors (Lipinski definition) is 1. The highest BCUT2D eigenvalue weighted by Crippen LogP contribution is 2.29. The number of nitrogen functional groups attached to an aromatic ring is 1. The van der Waals surface area contributed by atoms with Crippen molar-refractivity contribution in [2.45, 2.75) is 20.4 Å². The number of aromatic nitrogens is 2. The summed E-state index contributed by atoms with van der Waals surface area (Å²) in [5.41, 5.74) is 9.66. The Kier molecular flexibility index (Phi) is 3.34. The fourth-order valence-electron chi connectivity index (χ4n) is 1.98. The summed E-state index contributed by atoms with van der Waals surface area (Å²) < 4.78 is 1.35. The molecule has 2 aromatic rings. The van der Waals surface area contributed by atoms with Gasteiger partial charge < -0.3 is 5.73 Å². The molecule has 1 heterocycles. The maximum absolute atomic E-state index is 11.2. The molecule has 0 atom stereocenters. The van der Waals surface area contributed by atoms with Crippen LogP contribution in [0.1, 0.15) is 21.5 Å². The van der Waals surface area contributed by atoms with Crippen molar-refractivity contribution < 1.29 is 4.79 Å². The lowest BCUT2D eigenvalue weighted by Gasteiger charge is -2.04. The Morgan fingerprint density at radius 1 is 1.47 bits per heavy atom. The summed E-state index contributed by atoms with van der Waals surface area (Å²) in [5.74, 6) is 0.229. The Balaban J connectivity index is 2.68. The first-order valence-electron chi connectivity index (χ1n) is 5.84. The molecule has 2 rings (SSSR count). The van der Waals surface area contributed by atoms with E-state index < -0.39 is 0 Å². The summed E-state index contributed by atoms with van der Waals surface area (Å²) >= 11 is 0. The van der Waals surface area contributed by atoms with Crippen molar-refractivity contribution in [2.24, 2.45) is 0 Å². The topological polar surface area (TPSA) is 84.7 Å². The van der Waals surface area contributed by atoms with Gasteiger partial charge in [-0.15, -0.1) is 0 Å². The summed E-state index contributed by atoms with van der Waals surface area (Å²) in [6.45, 7) is 3.94. The highest BCUT2D eigenvalue weighted by Gasteiger charge is 2.17. The van der Waals surface area contributed by atoms with Crippen molar-refractivity contribution in [1.82, 2.24) is 9.78 Å². The Labute approximate surface area is 111 Å². The number of hydrogen-bond acceptors (Lipinski definition) is 4. The molecule has 0 aliphatic rings. The Bertz CT molecular complexity index is 679. The first-order valence-corrected chi connectivity index (χ1v) is 5.84. The zero-order chi connectivity index (χ0) is 14.0. The molecule has 0 saturated carbocycles. The molecule has 5 nitrogen and oxygen atoms in total. The van der Waals surface area contributed by atoms with Gasteiger partial charge in [0.15, 0.2) is 6.29 Å². The van der Waals surface area contributed by atoms with Crippen LogP contribution in [-0.4, -0.2) is 16.1 Å². The van der Waals surface area contributed by atoms with E-state index in [0.29, 0.717) is 17.5 Å². The molecule has 0 fully saturated rings. The maximum atomic E-state index is 11.2. The van der Waals surface area contributed by atoms with E-state index in [2.05, 4.69) is 5.10 Å². The molecule has 5 heteroatoms. The number of benzene rings is 1. The number of rotatable bonds is 3. The van der Waals surface area contributed by atoms with Gasteiger partial charge in [0.2, 0.25) is 0 Å². The van der Waals surface area contributed by atoms with Gasteiger partial charge in [0.1, 0.15) is 18.1 Å². The van der Waals surface area contributed by atoms with Crippen molar-refractivity contribution in [3.63, 3.8) is 0 Å². The highest BCUT2D eigenvalue weighted by molar-refractivity contribution is 5.92. The molecule has 0 unspecified atom stereocenters. The molecule has 0 bridgehead atoms. The number of nitrogens with zero attached hydrogens (tertiary/aromatic N) is 3. The van der Waals surface area contributed by atoms with Gasteiger partial charge in [-0.05, 0) is 25.5 Å². The molecule has 19 heavy (non-hydrogen) atoms. The number of carbonyl (C=O) groups excluding carboxylic acids is 1. The molecule has 2 N–H and O–H groups in total. The van der Waals surface area contributed by atoms with Crippen LogP contribution in [0.3, 0.4) is 0 Å². The smallest absolute Gasteiger partial charge is 0.156 e. The van der Waals surface area contributed by atoms with E-state index in [-0.39, 0.29) is 12.4 Å². The molecule has 1 aromatic heterocycles. The number of aldehydes is 1. The van der Waals surface area contributed by atoms with E-state index in [0.717, 1.165) is 16.7 Å². The fourth-order valence-corrected chi connectivity index (χ4v) is 1.98. The van der Waals surface area contributed by atoms with E-state index in [1.54, 1.807) is 0 Å². The summed E-state index contributed by atoms with van der Waals surface area (Å²) in [4.78, 5) is 11.2. The molecule has 0 aliphatic carbocycles. The third kappa shape index (κ3) is 2.20. The maximum Gasteiger partial charge on any atom is 0.156 e. The van der Waals surface area contributed by atoms with Crippen LogP contribution in [0.5, 0.6) is 0 Å². The summed E-state index contributed by atoms with van der Waals surface area (Å²) in [6, 6.07) is 7.90. The normalized spacial score (nSPS) is 10.2. The number of anilines is 1. The van der Waals surface area contributed by atoms with Gasteiger partial charge in [0.25, 0.3) is 0 Å². The van der Waals surface area contributed by atoms with Gasteiger partial charge >= 0.3 is 0 Å². The van der Waals surface area contributed by atoms with Crippen LogP contribution in [-0.2, 0) is 6.54 Å². The summed E-state index contributed by atoms with van der Waals surface area (Å²) in [5, 5.41) is 13.0. The number of nitrogens with two attached hydrogens (primary N) is 1. The summed E-state index contributed by atoms with van der Waals surface area (Å²) in [7, 11) is 0. The molecule has 1 aromatic carbocycles. The van der Waals surface area contributed by atoms with Gasteiger partial charge in [-0.25, -0.2) is 4.68 Å². The van der Waals surface area contributed by atoms with E-state index in [1.165, 1.54) is 4.68 Å². The quantitative estimate of drug-likeness (QED) is 0.850. The first kappa shape index (κ1) is 12.8. The molecule has 0 spiro atoms. The second-order valence-corrected chi connectivity index (χ2v) is 4.40. The van der Waals surface area contributed by atoms with Crippen molar-refractivity contribution in [2.75, 3.05) is 5.73 Å². The van der Waals surface area contributed by atoms with Gasteiger partial charge in [-0.3, -0.25) is 4.79 Å². The third-order valence-electron chi connectivity index (χ3n) is 3.02. The fraction of sp³-hybridized carbons (Fsp3) is 0.214. The van der Waals surface area contributed by atoms with E-state index >= 15 is 0 Å². The lowest BCUT2D eigenvalue weighted by atomic mass is 10.0. The Morgan fingerprint density at radius 3 is 2.84 bits per heavy atom. The Hall–Kier alpha value is -2.61. The second kappa shape index (κ2) is 4.94. The average molecular weight is 254 g/mol. The minimum absolute atomic E-state index is 0.0253. The van der Waals surface area contributed by atoms with Crippen molar-refractivity contribution in [3.05, 3.63) is 34.9 Å². The minimum atomic E-state index is 0.0253. The monoisotopic (exact) mass is 254 g/mol. The lowest BCUT2D eigenvalue weighted by Crippen LogP contribution is -2.03. The van der Waals surface area contributed by atoms with Gasteiger partial charge in [0.05, 0.1) is 11.6 Å². The zero-order valence-corrected chi connectivity index (χ0v) is 10.8. The SMILES string of the molecule is Cc1ccc(C)c(-c2nn(CC#N)c(N)c2C=O)c1. The van der Waals surface area contributed by atoms with Crippen LogP contribution in [0, 0.1) is 25.2 Å². The molecule has 0 amide bonds. The molecular formula is C14H14N4O. The molecular weight excluding hydrogens is 240 g/mol. The second-order valence-electron chi connectivity index (χ2n) is 4.40. The molecule has 96 valence electrons. The van der Waals surface area contributed by atoms with Crippen LogP contribution in [0.15, 0.2) is 18.2 Å². The highest BCUT2D eigenvalue weighted by atomic mass is 16.1. The van der Waals surface area contributed by atoms with Crippen molar-refractivity contribution in [1.29, 1.82) is 5.26 Å². The van der Waals surface area contributed by atoms with Gasteiger partial charge in [-0.2, -0.15) is 10.4 Å². The lowest BCUT2D eigenvalue weighted by molar-refractivity contribution is 0.112. The zero-order valence-electron chi connectivity index (χ0n) is 10.8. The molecule has 0 aliphatic heterocycles. The van der Waals surface area contributed by atoms with Crippen LogP contribution < -0.4 is 5.73 Å². The van der Waals surface area contributed by atoms with Gasteiger partial charge in [0, 0.05) is 5.56 Å².